The molecule has 0 bridgehead atoms. The zero-order valence-electron chi connectivity index (χ0n) is 20.0. The molecule has 5 rings (SSSR count). The van der Waals surface area contributed by atoms with Gasteiger partial charge in [0.1, 0.15) is 37.4 Å². The zero-order chi connectivity index (χ0) is 25.4. The molecule has 1 aromatic carbocycles. The van der Waals surface area contributed by atoms with Crippen LogP contribution in [0.2, 0.25) is 5.15 Å². The average molecular weight is 527 g/mol. The second kappa shape index (κ2) is 10.0. The summed E-state index contributed by atoms with van der Waals surface area (Å²) in [7, 11) is 1.45. The first-order valence-corrected chi connectivity index (χ1v) is 13.3. The average Bonchev–Trinajstić information content (AvgIpc) is 3.30. The van der Waals surface area contributed by atoms with Crippen molar-refractivity contribution in [1.29, 1.82) is 5.41 Å². The Bertz CT molecular complexity index is 1560. The van der Waals surface area contributed by atoms with Crippen molar-refractivity contribution in [2.45, 2.75) is 49.2 Å². The number of benzene rings is 1. The summed E-state index contributed by atoms with van der Waals surface area (Å²) in [5.74, 6) is 0.632. The molecular weight excluding hydrogens is 500 g/mol. The number of pyridine rings is 1. The van der Waals surface area contributed by atoms with Crippen LogP contribution in [0.25, 0.3) is 5.03 Å². The molecular formula is C25H27ClN6O3S. The summed E-state index contributed by atoms with van der Waals surface area (Å²) in [5, 5.41) is 12.9. The number of aromatic nitrogens is 3. The van der Waals surface area contributed by atoms with Gasteiger partial charge in [0.25, 0.3) is 5.56 Å². The summed E-state index contributed by atoms with van der Waals surface area (Å²) in [4.78, 5) is 23.0. The number of nitrogens with one attached hydrogen (secondary N) is 2. The molecule has 3 atom stereocenters. The molecule has 1 aliphatic carbocycles. The minimum atomic E-state index is -1.77. The van der Waals surface area contributed by atoms with Gasteiger partial charge in [0, 0.05) is 24.7 Å². The largest absolute Gasteiger partial charge is 0.497 e. The van der Waals surface area contributed by atoms with Gasteiger partial charge in [-0.25, -0.2) is 14.2 Å². The Balaban J connectivity index is 1.70. The highest BCUT2D eigenvalue weighted by atomic mass is 35.5. The fourth-order valence-electron chi connectivity index (χ4n) is 4.86. The van der Waals surface area contributed by atoms with Crippen molar-refractivity contribution in [3.05, 3.63) is 80.0 Å². The summed E-state index contributed by atoms with van der Waals surface area (Å²) in [6.07, 6.45) is 5.59. The van der Waals surface area contributed by atoms with Crippen LogP contribution in [-0.2, 0) is 24.4 Å². The van der Waals surface area contributed by atoms with Gasteiger partial charge in [-0.1, -0.05) is 30.5 Å². The second-order valence-corrected chi connectivity index (χ2v) is 10.7. The first-order chi connectivity index (χ1) is 17.4. The maximum Gasteiger partial charge on any atom is 0.266 e. The van der Waals surface area contributed by atoms with Gasteiger partial charge in [-0.3, -0.25) is 19.3 Å². The number of fused-ring (bicyclic) bond motifs is 3. The number of halogens is 1. The van der Waals surface area contributed by atoms with Crippen LogP contribution in [0.1, 0.15) is 37.3 Å². The predicted molar refractivity (Wildman–Crippen MR) is 136 cm³/mol. The number of methoxy groups -OCH3 is 1. The molecule has 188 valence electrons. The maximum atomic E-state index is 13.9. The summed E-state index contributed by atoms with van der Waals surface area (Å²) in [6.45, 7) is 0.252. The minimum absolute atomic E-state index is 0.0305. The van der Waals surface area contributed by atoms with Crippen LogP contribution in [-0.4, -0.2) is 31.5 Å². The first-order valence-electron chi connectivity index (χ1n) is 11.8. The van der Waals surface area contributed by atoms with Crippen molar-refractivity contribution in [3.8, 4) is 5.75 Å². The monoisotopic (exact) mass is 526 g/mol. The zero-order valence-corrected chi connectivity index (χ0v) is 21.6. The van der Waals surface area contributed by atoms with Gasteiger partial charge in [0.05, 0.1) is 19.2 Å². The Morgan fingerprint density at radius 3 is 2.67 bits per heavy atom. The Labute approximate surface area is 215 Å². The number of ether oxygens (including phenoxy) is 1. The van der Waals surface area contributed by atoms with E-state index in [1.165, 1.54) is 4.57 Å². The topological polar surface area (TPSA) is 114 Å². The van der Waals surface area contributed by atoms with E-state index in [4.69, 9.17) is 26.7 Å². The van der Waals surface area contributed by atoms with Crippen molar-refractivity contribution >= 4 is 27.4 Å². The normalized spacial score (nSPS) is 20.1. The fourth-order valence-corrected chi connectivity index (χ4v) is 6.16. The van der Waals surface area contributed by atoms with Crippen LogP contribution in [0.4, 0.5) is 0 Å². The van der Waals surface area contributed by atoms with E-state index in [0.29, 0.717) is 21.4 Å². The van der Waals surface area contributed by atoms with Crippen LogP contribution in [0.15, 0.2) is 57.3 Å². The van der Waals surface area contributed by atoms with E-state index >= 15 is 0 Å². The Kier molecular flexibility index (Phi) is 6.81. The van der Waals surface area contributed by atoms with E-state index in [0.717, 1.165) is 31.2 Å². The Morgan fingerprint density at radius 1 is 1.22 bits per heavy atom. The standard InChI is InChI=1S/C25H27ClN6O3S/c1-31-24(33)21(22(27)32-19-6-4-3-5-18(19)30-25(31)32)23(29-14-15-7-12-20(26)28-13-15)36(34)17-10-8-16(35-2)9-11-17/h7-13,18-19,27,29H,3-6,14H2,1-2H3/b23-21-,27-22?. The van der Waals surface area contributed by atoms with Crippen molar-refractivity contribution < 1.29 is 8.95 Å². The molecule has 1 saturated carbocycles. The van der Waals surface area contributed by atoms with Gasteiger partial charge in [-0.05, 0) is 48.7 Å². The smallest absolute Gasteiger partial charge is 0.266 e. The highest BCUT2D eigenvalue weighted by Crippen LogP contribution is 2.31. The van der Waals surface area contributed by atoms with E-state index in [1.54, 1.807) is 56.8 Å². The van der Waals surface area contributed by atoms with E-state index < -0.39 is 16.4 Å². The quantitative estimate of drug-likeness (QED) is 0.472. The third kappa shape index (κ3) is 4.39. The van der Waals surface area contributed by atoms with Gasteiger partial charge in [-0.2, -0.15) is 0 Å². The van der Waals surface area contributed by atoms with E-state index in [9.17, 15) is 9.00 Å². The summed E-state index contributed by atoms with van der Waals surface area (Å²) in [5.41, 5.74) is 0.919. The van der Waals surface area contributed by atoms with Crippen molar-refractivity contribution in [2.24, 2.45) is 12.0 Å². The van der Waals surface area contributed by atoms with Crippen LogP contribution >= 0.6 is 11.6 Å². The van der Waals surface area contributed by atoms with E-state index in [1.807, 2.05) is 4.57 Å². The Hall–Kier alpha value is -3.24. The molecule has 3 aromatic rings. The number of hydrogen-bond donors (Lipinski definition) is 2. The number of hydrogen-bond acceptors (Lipinski definition) is 7. The lowest BCUT2D eigenvalue weighted by Crippen LogP contribution is -2.59. The fraction of sp³-hybridized carbons (Fsp3) is 0.360. The van der Waals surface area contributed by atoms with Gasteiger partial charge >= 0.3 is 0 Å². The second-order valence-electron chi connectivity index (χ2n) is 8.92. The molecule has 3 heterocycles. The molecule has 9 nitrogen and oxygen atoms in total. The lowest BCUT2D eigenvalue weighted by Gasteiger charge is -2.25. The number of rotatable bonds is 6. The third-order valence-electron chi connectivity index (χ3n) is 6.75. The van der Waals surface area contributed by atoms with Crippen LogP contribution in [0.3, 0.4) is 0 Å². The molecule has 0 spiro atoms. The van der Waals surface area contributed by atoms with Crippen LogP contribution in [0.5, 0.6) is 5.75 Å². The SMILES string of the molecule is COc1ccc(S(=O)/C(NCc2ccc(Cl)nc2)=c2\c(=O)n(C)c3n(c2=N)C2CCCCC2N=3)cc1. The molecule has 2 aromatic heterocycles. The molecule has 11 heteroatoms. The van der Waals surface area contributed by atoms with Crippen LogP contribution in [0, 0.1) is 5.41 Å². The van der Waals surface area contributed by atoms with Gasteiger partial charge in [0.15, 0.2) is 0 Å². The highest BCUT2D eigenvalue weighted by Gasteiger charge is 2.33. The molecule has 1 aliphatic heterocycles. The summed E-state index contributed by atoms with van der Waals surface area (Å²) >= 11 is 5.92. The highest BCUT2D eigenvalue weighted by molar-refractivity contribution is 7.94. The molecule has 0 saturated heterocycles. The molecule has 0 amide bonds. The molecule has 0 radical (unpaired) electrons. The third-order valence-corrected chi connectivity index (χ3v) is 8.39. The van der Waals surface area contributed by atoms with E-state index in [-0.39, 0.29) is 34.4 Å². The summed E-state index contributed by atoms with van der Waals surface area (Å²) in [6, 6.07) is 10.4. The molecule has 3 unspecified atom stereocenters. The lowest BCUT2D eigenvalue weighted by atomic mass is 9.91. The summed E-state index contributed by atoms with van der Waals surface area (Å²) < 4.78 is 22.4. The lowest BCUT2D eigenvalue weighted by molar-refractivity contribution is 0.321. The van der Waals surface area contributed by atoms with Crippen LogP contribution < -0.4 is 31.9 Å². The van der Waals surface area contributed by atoms with Gasteiger partial charge < -0.3 is 10.1 Å². The minimum Gasteiger partial charge on any atom is -0.497 e. The van der Waals surface area contributed by atoms with Crippen molar-refractivity contribution in [2.75, 3.05) is 7.11 Å². The van der Waals surface area contributed by atoms with Gasteiger partial charge in [-0.15, -0.1) is 0 Å². The van der Waals surface area contributed by atoms with Crippen molar-refractivity contribution in [1.82, 2.24) is 19.4 Å². The number of nitrogens with zero attached hydrogens (tertiary/aromatic N) is 4. The molecule has 2 aliphatic rings. The molecule has 36 heavy (non-hydrogen) atoms. The van der Waals surface area contributed by atoms with Crippen molar-refractivity contribution in [3.63, 3.8) is 0 Å². The first kappa shape index (κ1) is 24.5. The molecule has 1 fully saturated rings. The predicted octanol–water partition coefficient (Wildman–Crippen LogP) is 1.50. The van der Waals surface area contributed by atoms with Gasteiger partial charge in [0.2, 0.25) is 5.62 Å². The molecule has 2 N–H and O–H groups in total. The maximum absolute atomic E-state index is 13.9. The Morgan fingerprint density at radius 2 is 1.97 bits per heavy atom. The van der Waals surface area contributed by atoms with E-state index in [2.05, 4.69) is 10.3 Å².